The summed E-state index contributed by atoms with van der Waals surface area (Å²) in [6.45, 7) is 6.46. The molecule has 1 aromatic rings. The van der Waals surface area contributed by atoms with E-state index in [0.717, 1.165) is 23.3 Å². The predicted octanol–water partition coefficient (Wildman–Crippen LogP) is 2.37. The molecule has 2 atom stereocenters. The largest absolute Gasteiger partial charge is 0.451 e. The summed E-state index contributed by atoms with van der Waals surface area (Å²) in [5.41, 5.74) is 0.623. The highest BCUT2D eigenvalue weighted by atomic mass is 16.5. The van der Waals surface area contributed by atoms with E-state index in [4.69, 9.17) is 4.74 Å². The van der Waals surface area contributed by atoms with Crippen molar-refractivity contribution < 1.29 is 23.9 Å². The zero-order valence-electron chi connectivity index (χ0n) is 16.7. The molecule has 1 fully saturated rings. The standard InChI is InChI=1S/C20H27N3O5/c1-5-6-11-20(4)18(26)23(19(27)22-20)12-16(24)28-14(3)17(25)21-15-9-7-13(2)8-10-15/h7-10,14H,5-6,11-12H2,1-4H3,(H,21,25)(H,22,27)/t14-,20+/m1/s1. The number of anilines is 1. The Labute approximate surface area is 164 Å². The van der Waals surface area contributed by atoms with Gasteiger partial charge in [-0.1, -0.05) is 37.5 Å². The maximum atomic E-state index is 12.5. The van der Waals surface area contributed by atoms with Gasteiger partial charge in [0.05, 0.1) is 0 Å². The second kappa shape index (κ2) is 8.86. The van der Waals surface area contributed by atoms with Gasteiger partial charge >= 0.3 is 12.0 Å². The molecule has 0 aromatic heterocycles. The van der Waals surface area contributed by atoms with Crippen LogP contribution in [0.25, 0.3) is 0 Å². The minimum absolute atomic E-state index is 0.459. The van der Waals surface area contributed by atoms with Crippen LogP contribution in [0.5, 0.6) is 0 Å². The molecule has 28 heavy (non-hydrogen) atoms. The molecular weight excluding hydrogens is 362 g/mol. The van der Waals surface area contributed by atoms with Crippen LogP contribution in [0.3, 0.4) is 0 Å². The van der Waals surface area contributed by atoms with Crippen LogP contribution < -0.4 is 10.6 Å². The van der Waals surface area contributed by atoms with Gasteiger partial charge in [0, 0.05) is 5.69 Å². The van der Waals surface area contributed by atoms with E-state index < -0.39 is 42.0 Å². The number of carbonyl (C=O) groups is 4. The zero-order chi connectivity index (χ0) is 20.9. The van der Waals surface area contributed by atoms with E-state index >= 15 is 0 Å². The monoisotopic (exact) mass is 389 g/mol. The quantitative estimate of drug-likeness (QED) is 0.525. The second-order valence-electron chi connectivity index (χ2n) is 7.24. The number of nitrogens with one attached hydrogen (secondary N) is 2. The number of ether oxygens (including phenoxy) is 1. The molecule has 4 amide bonds. The SMILES string of the molecule is CCCC[C@]1(C)NC(=O)N(CC(=O)O[C@H](C)C(=O)Nc2ccc(C)cc2)C1=O. The molecule has 2 N–H and O–H groups in total. The summed E-state index contributed by atoms with van der Waals surface area (Å²) in [5, 5.41) is 5.28. The van der Waals surface area contributed by atoms with Crippen molar-refractivity contribution in [2.24, 2.45) is 0 Å². The number of esters is 1. The third kappa shape index (κ3) is 5.09. The van der Waals surface area contributed by atoms with Gasteiger partial charge in [-0.2, -0.15) is 0 Å². The molecule has 1 heterocycles. The molecule has 2 rings (SSSR count). The van der Waals surface area contributed by atoms with E-state index in [1.807, 2.05) is 26.0 Å². The number of imide groups is 1. The topological polar surface area (TPSA) is 105 Å². The van der Waals surface area contributed by atoms with Crippen LogP contribution in [0.1, 0.15) is 45.6 Å². The number of rotatable bonds is 8. The Balaban J connectivity index is 1.90. The van der Waals surface area contributed by atoms with Gasteiger partial charge in [-0.15, -0.1) is 0 Å². The molecule has 0 saturated carbocycles. The summed E-state index contributed by atoms with van der Waals surface area (Å²) >= 11 is 0. The number of nitrogens with zero attached hydrogens (tertiary/aromatic N) is 1. The zero-order valence-corrected chi connectivity index (χ0v) is 16.7. The lowest BCUT2D eigenvalue weighted by Crippen LogP contribution is -2.44. The summed E-state index contributed by atoms with van der Waals surface area (Å²) in [7, 11) is 0. The number of hydrogen-bond donors (Lipinski definition) is 2. The van der Waals surface area contributed by atoms with Crippen molar-refractivity contribution in [2.75, 3.05) is 11.9 Å². The second-order valence-corrected chi connectivity index (χ2v) is 7.24. The van der Waals surface area contributed by atoms with Crippen LogP contribution >= 0.6 is 0 Å². The Bertz CT molecular complexity index is 762. The number of aryl methyl sites for hydroxylation is 1. The van der Waals surface area contributed by atoms with Gasteiger partial charge in [-0.3, -0.25) is 19.3 Å². The number of carbonyl (C=O) groups excluding carboxylic acids is 4. The van der Waals surface area contributed by atoms with Crippen LogP contribution in [0.2, 0.25) is 0 Å². The van der Waals surface area contributed by atoms with Crippen LogP contribution in [0.15, 0.2) is 24.3 Å². The van der Waals surface area contributed by atoms with Gasteiger partial charge in [0.1, 0.15) is 12.1 Å². The number of urea groups is 1. The molecular formula is C20H27N3O5. The maximum Gasteiger partial charge on any atom is 0.327 e. The van der Waals surface area contributed by atoms with E-state index in [1.165, 1.54) is 6.92 Å². The first kappa shape index (κ1) is 21.4. The molecule has 1 saturated heterocycles. The van der Waals surface area contributed by atoms with Crippen molar-refractivity contribution in [3.63, 3.8) is 0 Å². The van der Waals surface area contributed by atoms with Crippen molar-refractivity contribution in [3.8, 4) is 0 Å². The average Bonchev–Trinajstić information content (AvgIpc) is 2.85. The number of unbranched alkanes of at least 4 members (excludes halogenated alkanes) is 1. The summed E-state index contributed by atoms with van der Waals surface area (Å²) in [6.07, 6.45) is 1.08. The Morgan fingerprint density at radius 1 is 1.25 bits per heavy atom. The fourth-order valence-corrected chi connectivity index (χ4v) is 2.89. The van der Waals surface area contributed by atoms with Crippen molar-refractivity contribution >= 4 is 29.5 Å². The minimum atomic E-state index is -1.07. The number of amides is 4. The third-order valence-electron chi connectivity index (χ3n) is 4.66. The fraction of sp³-hybridized carbons (Fsp3) is 0.500. The molecule has 0 radical (unpaired) electrons. The molecule has 8 heteroatoms. The van der Waals surface area contributed by atoms with E-state index in [-0.39, 0.29) is 0 Å². The Kier molecular flexibility index (Phi) is 6.77. The normalized spacial score (nSPS) is 19.9. The van der Waals surface area contributed by atoms with E-state index in [1.54, 1.807) is 19.1 Å². The number of hydrogen-bond acceptors (Lipinski definition) is 5. The molecule has 0 aliphatic carbocycles. The van der Waals surface area contributed by atoms with Gasteiger partial charge in [-0.05, 0) is 39.3 Å². The molecule has 8 nitrogen and oxygen atoms in total. The van der Waals surface area contributed by atoms with Crippen LogP contribution in [0, 0.1) is 6.92 Å². The highest BCUT2D eigenvalue weighted by Crippen LogP contribution is 2.23. The van der Waals surface area contributed by atoms with Crippen LogP contribution in [-0.4, -0.2) is 46.9 Å². The summed E-state index contributed by atoms with van der Waals surface area (Å²) in [4.78, 5) is 49.8. The van der Waals surface area contributed by atoms with E-state index in [2.05, 4.69) is 10.6 Å². The summed E-state index contributed by atoms with van der Waals surface area (Å²) in [5.74, 6) is -1.78. The molecule has 1 aromatic carbocycles. The smallest absolute Gasteiger partial charge is 0.327 e. The molecule has 152 valence electrons. The highest BCUT2D eigenvalue weighted by Gasteiger charge is 2.48. The first-order valence-corrected chi connectivity index (χ1v) is 9.37. The first-order valence-electron chi connectivity index (χ1n) is 9.37. The Morgan fingerprint density at radius 3 is 2.50 bits per heavy atom. The van der Waals surface area contributed by atoms with Crippen LogP contribution in [0.4, 0.5) is 10.5 Å². The van der Waals surface area contributed by atoms with E-state index in [9.17, 15) is 19.2 Å². The molecule has 0 unspecified atom stereocenters. The minimum Gasteiger partial charge on any atom is -0.451 e. The lowest BCUT2D eigenvalue weighted by molar-refractivity contribution is -0.155. The van der Waals surface area contributed by atoms with Crippen molar-refractivity contribution in [2.45, 2.75) is 58.6 Å². The van der Waals surface area contributed by atoms with E-state index in [0.29, 0.717) is 12.1 Å². The Morgan fingerprint density at radius 2 is 1.89 bits per heavy atom. The van der Waals surface area contributed by atoms with Gasteiger partial charge < -0.3 is 15.4 Å². The third-order valence-corrected chi connectivity index (χ3v) is 4.66. The summed E-state index contributed by atoms with van der Waals surface area (Å²) in [6, 6.07) is 6.55. The lowest BCUT2D eigenvalue weighted by Gasteiger charge is -2.21. The van der Waals surface area contributed by atoms with Crippen molar-refractivity contribution in [1.29, 1.82) is 0 Å². The summed E-state index contributed by atoms with van der Waals surface area (Å²) < 4.78 is 5.09. The Hall–Kier alpha value is -2.90. The predicted molar refractivity (Wildman–Crippen MR) is 104 cm³/mol. The van der Waals surface area contributed by atoms with Gasteiger partial charge in [-0.25, -0.2) is 4.79 Å². The van der Waals surface area contributed by atoms with Crippen molar-refractivity contribution in [3.05, 3.63) is 29.8 Å². The van der Waals surface area contributed by atoms with Crippen molar-refractivity contribution in [1.82, 2.24) is 10.2 Å². The molecule has 0 bridgehead atoms. The fourth-order valence-electron chi connectivity index (χ4n) is 2.89. The van der Waals surface area contributed by atoms with Gasteiger partial charge in [0.2, 0.25) is 0 Å². The first-order chi connectivity index (χ1) is 13.2. The molecule has 0 spiro atoms. The maximum absolute atomic E-state index is 12.5. The molecule has 1 aliphatic rings. The highest BCUT2D eigenvalue weighted by molar-refractivity contribution is 6.08. The average molecular weight is 389 g/mol. The molecule has 1 aliphatic heterocycles. The van der Waals surface area contributed by atoms with Gasteiger partial charge in [0.15, 0.2) is 6.10 Å². The van der Waals surface area contributed by atoms with Gasteiger partial charge in [0.25, 0.3) is 11.8 Å². The number of benzene rings is 1. The van der Waals surface area contributed by atoms with Crippen LogP contribution in [-0.2, 0) is 19.1 Å². The lowest BCUT2D eigenvalue weighted by atomic mass is 9.95.